The lowest BCUT2D eigenvalue weighted by atomic mass is 10.0. The van der Waals surface area contributed by atoms with Gasteiger partial charge >= 0.3 is 16.2 Å². The number of aryl methyl sites for hydroxylation is 1. The molecule has 1 fully saturated rings. The second kappa shape index (κ2) is 11.5. The van der Waals surface area contributed by atoms with Gasteiger partial charge in [0.25, 0.3) is 5.56 Å². The van der Waals surface area contributed by atoms with Crippen molar-refractivity contribution in [2.45, 2.75) is 46.5 Å². The summed E-state index contributed by atoms with van der Waals surface area (Å²) in [6, 6.07) is 3.83. The fourth-order valence-corrected chi connectivity index (χ4v) is 5.48. The summed E-state index contributed by atoms with van der Waals surface area (Å²) in [6.07, 6.45) is 1.68. The Morgan fingerprint density at radius 2 is 1.92 bits per heavy atom. The van der Waals surface area contributed by atoms with E-state index in [0.717, 1.165) is 17.1 Å². The van der Waals surface area contributed by atoms with E-state index in [1.54, 1.807) is 29.6 Å². The predicted molar refractivity (Wildman–Crippen MR) is 142 cm³/mol. The van der Waals surface area contributed by atoms with Gasteiger partial charge in [0.15, 0.2) is 11.3 Å². The molecule has 1 aliphatic rings. The highest BCUT2D eigenvalue weighted by Gasteiger charge is 2.26. The number of H-pyrrole nitrogens is 1. The molecule has 0 unspecified atom stereocenters. The van der Waals surface area contributed by atoms with E-state index in [1.165, 1.54) is 0 Å². The highest BCUT2D eigenvalue weighted by Crippen LogP contribution is 2.31. The number of ether oxygens (including phenoxy) is 2. The van der Waals surface area contributed by atoms with Crippen LogP contribution >= 0.6 is 0 Å². The van der Waals surface area contributed by atoms with Gasteiger partial charge < -0.3 is 19.8 Å². The van der Waals surface area contributed by atoms with Gasteiger partial charge in [0.2, 0.25) is 0 Å². The van der Waals surface area contributed by atoms with E-state index in [-0.39, 0.29) is 49.3 Å². The molecule has 2 aromatic heterocycles. The molecule has 3 N–H and O–H groups in total. The van der Waals surface area contributed by atoms with Crippen molar-refractivity contribution in [3.63, 3.8) is 0 Å². The summed E-state index contributed by atoms with van der Waals surface area (Å²) in [5, 5.41) is 7.24. The Kier molecular flexibility index (Phi) is 8.33. The molecular formula is C24H33N7O6S. The minimum absolute atomic E-state index is 0.120. The van der Waals surface area contributed by atoms with Gasteiger partial charge in [-0.25, -0.2) is 19.0 Å². The first-order chi connectivity index (χ1) is 18.2. The third-order valence-corrected chi connectivity index (χ3v) is 7.86. The highest BCUT2D eigenvalue weighted by molar-refractivity contribution is 7.87. The normalized spacial score (nSPS) is 14.7. The summed E-state index contributed by atoms with van der Waals surface area (Å²) < 4.78 is 40.7. The van der Waals surface area contributed by atoms with Crippen LogP contribution in [0.15, 0.2) is 23.0 Å². The van der Waals surface area contributed by atoms with Crippen LogP contribution < -0.4 is 20.3 Å². The van der Waals surface area contributed by atoms with Gasteiger partial charge in [-0.05, 0) is 44.9 Å². The van der Waals surface area contributed by atoms with E-state index in [1.807, 2.05) is 11.6 Å². The zero-order chi connectivity index (χ0) is 27.4. The highest BCUT2D eigenvalue weighted by atomic mass is 32.2. The second-order valence-corrected chi connectivity index (χ2v) is 10.5. The number of urea groups is 1. The number of aromatic amines is 1. The standard InChI is InChI=1S/C24H33N7O6S/c1-5-16(6-2)22-25-15(4)20-23(32)27-21(28-31(20)22)18-14-17(8-9-19(18)37-7-3)26-24(33)29-38(34,35)30-10-12-36-13-11-30/h8-9,14,16H,5-7,10-13H2,1-4H3,(H2,26,29,33)(H,27,28,32). The number of morpholine rings is 1. The molecule has 2 amide bonds. The van der Waals surface area contributed by atoms with Crippen LogP contribution in [0.5, 0.6) is 5.75 Å². The molecule has 1 aliphatic heterocycles. The average Bonchev–Trinajstić information content (AvgIpc) is 3.22. The third-order valence-electron chi connectivity index (χ3n) is 6.38. The Hall–Kier alpha value is -3.49. The van der Waals surface area contributed by atoms with Crippen molar-refractivity contribution in [1.82, 2.24) is 28.6 Å². The maximum atomic E-state index is 13.1. The number of rotatable bonds is 9. The van der Waals surface area contributed by atoms with Crippen LogP contribution in [-0.2, 0) is 14.9 Å². The first kappa shape index (κ1) is 27.5. The molecule has 0 aliphatic carbocycles. The zero-order valence-corrected chi connectivity index (χ0v) is 22.7. The molecule has 3 heterocycles. The number of anilines is 1. The summed E-state index contributed by atoms with van der Waals surface area (Å²) in [6.45, 7) is 8.91. The number of hydrogen-bond acceptors (Lipinski definition) is 8. The van der Waals surface area contributed by atoms with Crippen LogP contribution in [0, 0.1) is 6.92 Å². The van der Waals surface area contributed by atoms with Gasteiger partial charge in [0, 0.05) is 24.7 Å². The number of fused-ring (bicyclic) bond motifs is 1. The molecule has 13 nitrogen and oxygen atoms in total. The smallest absolute Gasteiger partial charge is 0.333 e. The number of carbonyl (C=O) groups is 1. The van der Waals surface area contributed by atoms with Crippen molar-refractivity contribution in [3.8, 4) is 17.1 Å². The van der Waals surface area contributed by atoms with E-state index in [4.69, 9.17) is 14.6 Å². The average molecular weight is 548 g/mol. The Labute approximate surface area is 220 Å². The molecule has 14 heteroatoms. The zero-order valence-electron chi connectivity index (χ0n) is 21.9. The first-order valence-electron chi connectivity index (χ1n) is 12.6. The molecule has 0 saturated carbocycles. The van der Waals surface area contributed by atoms with Gasteiger partial charge in [-0.15, -0.1) is 5.10 Å². The van der Waals surface area contributed by atoms with Crippen LogP contribution in [0.25, 0.3) is 16.9 Å². The van der Waals surface area contributed by atoms with E-state index in [9.17, 15) is 18.0 Å². The molecule has 206 valence electrons. The maximum Gasteiger partial charge on any atom is 0.333 e. The molecule has 4 rings (SSSR count). The van der Waals surface area contributed by atoms with Gasteiger partial charge in [-0.2, -0.15) is 12.7 Å². The lowest BCUT2D eigenvalue weighted by Crippen LogP contribution is -2.49. The second-order valence-electron chi connectivity index (χ2n) is 8.85. The van der Waals surface area contributed by atoms with Crippen LogP contribution in [-0.4, -0.2) is 71.2 Å². The van der Waals surface area contributed by atoms with E-state index >= 15 is 0 Å². The van der Waals surface area contributed by atoms with Crippen molar-refractivity contribution in [1.29, 1.82) is 0 Å². The molecule has 3 aromatic rings. The number of hydrogen-bond donors (Lipinski definition) is 3. The van der Waals surface area contributed by atoms with Crippen LogP contribution in [0.2, 0.25) is 0 Å². The number of carbonyl (C=O) groups excluding carboxylic acids is 1. The number of amides is 2. The monoisotopic (exact) mass is 547 g/mol. The molecule has 0 atom stereocenters. The van der Waals surface area contributed by atoms with Crippen LogP contribution in [0.4, 0.5) is 10.5 Å². The van der Waals surface area contributed by atoms with Crippen molar-refractivity contribution >= 4 is 27.4 Å². The molecule has 38 heavy (non-hydrogen) atoms. The Balaban J connectivity index is 1.69. The summed E-state index contributed by atoms with van der Waals surface area (Å²) in [5.74, 6) is 1.48. The lowest BCUT2D eigenvalue weighted by Gasteiger charge is -2.25. The summed E-state index contributed by atoms with van der Waals surface area (Å²) in [7, 11) is -4.03. The molecule has 1 saturated heterocycles. The van der Waals surface area contributed by atoms with Crippen molar-refractivity contribution < 1.29 is 22.7 Å². The molecular weight excluding hydrogens is 514 g/mol. The topological polar surface area (TPSA) is 160 Å². The minimum Gasteiger partial charge on any atom is -0.493 e. The van der Waals surface area contributed by atoms with Gasteiger partial charge in [-0.1, -0.05) is 13.8 Å². The SMILES string of the molecule is CCOc1ccc(NC(=O)NS(=O)(=O)N2CCOCC2)cc1-c1nn2c(C(CC)CC)nc(C)c2c(=O)[nH]1. The molecule has 0 spiro atoms. The summed E-state index contributed by atoms with van der Waals surface area (Å²) in [4.78, 5) is 33.1. The first-order valence-corrected chi connectivity index (χ1v) is 14.1. The van der Waals surface area contributed by atoms with Gasteiger partial charge in [0.05, 0.1) is 31.1 Å². The van der Waals surface area contributed by atoms with Gasteiger partial charge in [0.1, 0.15) is 11.6 Å². The van der Waals surface area contributed by atoms with Crippen molar-refractivity contribution in [2.24, 2.45) is 0 Å². The van der Waals surface area contributed by atoms with E-state index in [2.05, 4.69) is 29.1 Å². The fourth-order valence-electron chi connectivity index (χ4n) is 4.43. The summed E-state index contributed by atoms with van der Waals surface area (Å²) in [5.41, 5.74) is 1.30. The number of nitrogens with zero attached hydrogens (tertiary/aromatic N) is 4. The predicted octanol–water partition coefficient (Wildman–Crippen LogP) is 2.39. The quantitative estimate of drug-likeness (QED) is 0.368. The van der Waals surface area contributed by atoms with Crippen molar-refractivity contribution in [3.05, 3.63) is 40.1 Å². The summed E-state index contributed by atoms with van der Waals surface area (Å²) >= 11 is 0. The molecule has 0 radical (unpaired) electrons. The Morgan fingerprint density at radius 3 is 2.58 bits per heavy atom. The number of benzene rings is 1. The van der Waals surface area contributed by atoms with E-state index < -0.39 is 16.2 Å². The van der Waals surface area contributed by atoms with Crippen molar-refractivity contribution in [2.75, 3.05) is 38.2 Å². The molecule has 1 aromatic carbocycles. The van der Waals surface area contributed by atoms with Gasteiger partial charge in [-0.3, -0.25) is 4.79 Å². The maximum absolute atomic E-state index is 13.1. The molecule has 0 bridgehead atoms. The lowest BCUT2D eigenvalue weighted by molar-refractivity contribution is 0.0726. The largest absolute Gasteiger partial charge is 0.493 e. The van der Waals surface area contributed by atoms with E-state index in [0.29, 0.717) is 35.0 Å². The third kappa shape index (κ3) is 5.66. The Morgan fingerprint density at radius 1 is 1.21 bits per heavy atom. The number of imidazole rings is 1. The van der Waals surface area contributed by atoms with Crippen LogP contribution in [0.1, 0.15) is 51.0 Å². The number of nitrogens with one attached hydrogen (secondary N) is 3. The minimum atomic E-state index is -4.03. The van der Waals surface area contributed by atoms with Crippen LogP contribution in [0.3, 0.4) is 0 Å². The number of aromatic nitrogens is 4. The fraction of sp³-hybridized carbons (Fsp3) is 0.500. The Bertz CT molecular complexity index is 1470.